The molecular weight excluding hydrogens is 248 g/mol. The standard InChI is InChI=1S/C13H18N2O2S/c1-17-7-2-6-15-11(10-3-8-18-9-10)14-13(4-5-13)12(15)16/h3,8-9,11,14H,2,4-7H2,1H3. The molecule has 2 heterocycles. The van der Waals surface area contributed by atoms with Gasteiger partial charge in [-0.1, -0.05) is 0 Å². The monoisotopic (exact) mass is 266 g/mol. The Labute approximate surface area is 111 Å². The molecule has 1 saturated carbocycles. The highest BCUT2D eigenvalue weighted by molar-refractivity contribution is 7.07. The van der Waals surface area contributed by atoms with E-state index < -0.39 is 0 Å². The van der Waals surface area contributed by atoms with Crippen LogP contribution in [-0.4, -0.2) is 36.6 Å². The number of thiophene rings is 1. The number of amides is 1. The quantitative estimate of drug-likeness (QED) is 0.826. The minimum atomic E-state index is -0.236. The van der Waals surface area contributed by atoms with Crippen LogP contribution in [0, 0.1) is 0 Å². The zero-order chi connectivity index (χ0) is 12.6. The molecule has 3 rings (SSSR count). The Kier molecular flexibility index (Phi) is 3.13. The number of hydrogen-bond donors (Lipinski definition) is 1. The fourth-order valence-electron chi connectivity index (χ4n) is 2.58. The van der Waals surface area contributed by atoms with Gasteiger partial charge in [-0.3, -0.25) is 10.1 Å². The summed E-state index contributed by atoms with van der Waals surface area (Å²) in [5.74, 6) is 0.273. The Balaban J connectivity index is 1.76. The molecule has 0 aromatic carbocycles. The van der Waals surface area contributed by atoms with E-state index in [1.165, 1.54) is 5.56 Å². The number of ether oxygens (including phenoxy) is 1. The van der Waals surface area contributed by atoms with Crippen LogP contribution < -0.4 is 5.32 Å². The van der Waals surface area contributed by atoms with Gasteiger partial charge in [-0.25, -0.2) is 0 Å². The van der Waals surface area contributed by atoms with Crippen molar-refractivity contribution in [1.29, 1.82) is 0 Å². The summed E-state index contributed by atoms with van der Waals surface area (Å²) in [5, 5.41) is 7.70. The molecule has 1 spiro atoms. The third-order valence-corrected chi connectivity index (χ3v) is 4.45. The maximum Gasteiger partial charge on any atom is 0.244 e. The third kappa shape index (κ3) is 1.96. The predicted molar refractivity (Wildman–Crippen MR) is 70.4 cm³/mol. The molecule has 18 heavy (non-hydrogen) atoms. The van der Waals surface area contributed by atoms with E-state index in [0.717, 1.165) is 25.8 Å². The minimum Gasteiger partial charge on any atom is -0.385 e. The summed E-state index contributed by atoms with van der Waals surface area (Å²) in [6.07, 6.45) is 2.91. The molecule has 1 aromatic heterocycles. The van der Waals surface area contributed by atoms with Crippen molar-refractivity contribution in [2.75, 3.05) is 20.3 Å². The van der Waals surface area contributed by atoms with Gasteiger partial charge in [-0.2, -0.15) is 11.3 Å². The summed E-state index contributed by atoms with van der Waals surface area (Å²) >= 11 is 1.68. The van der Waals surface area contributed by atoms with Gasteiger partial charge in [0.25, 0.3) is 0 Å². The summed E-state index contributed by atoms with van der Waals surface area (Å²) in [6, 6.07) is 2.10. The van der Waals surface area contributed by atoms with Crippen LogP contribution >= 0.6 is 11.3 Å². The van der Waals surface area contributed by atoms with E-state index >= 15 is 0 Å². The first-order valence-electron chi connectivity index (χ1n) is 6.37. The molecule has 1 saturated heterocycles. The first kappa shape index (κ1) is 12.1. The van der Waals surface area contributed by atoms with Gasteiger partial charge in [0, 0.05) is 20.3 Å². The highest BCUT2D eigenvalue weighted by Crippen LogP contribution is 2.46. The second kappa shape index (κ2) is 4.64. The highest BCUT2D eigenvalue weighted by atomic mass is 32.1. The van der Waals surface area contributed by atoms with Crippen LogP contribution in [0.2, 0.25) is 0 Å². The van der Waals surface area contributed by atoms with Crippen LogP contribution in [0.3, 0.4) is 0 Å². The molecule has 1 N–H and O–H groups in total. The normalized spacial score (nSPS) is 25.1. The van der Waals surface area contributed by atoms with Crippen LogP contribution in [-0.2, 0) is 9.53 Å². The van der Waals surface area contributed by atoms with E-state index in [9.17, 15) is 4.79 Å². The largest absolute Gasteiger partial charge is 0.385 e. The van der Waals surface area contributed by atoms with Crippen LogP contribution in [0.15, 0.2) is 16.8 Å². The highest BCUT2D eigenvalue weighted by Gasteiger charge is 2.59. The van der Waals surface area contributed by atoms with Gasteiger partial charge < -0.3 is 9.64 Å². The lowest BCUT2D eigenvalue weighted by Gasteiger charge is -2.23. The SMILES string of the molecule is COCCCN1C(=O)C2(CC2)NC1c1ccsc1. The second-order valence-electron chi connectivity index (χ2n) is 5.03. The number of nitrogens with one attached hydrogen (secondary N) is 1. The summed E-state index contributed by atoms with van der Waals surface area (Å²) in [4.78, 5) is 14.4. The van der Waals surface area contributed by atoms with Crippen molar-refractivity contribution in [1.82, 2.24) is 10.2 Å². The van der Waals surface area contributed by atoms with Gasteiger partial charge in [-0.05, 0) is 41.7 Å². The Bertz CT molecular complexity index is 428. The zero-order valence-electron chi connectivity index (χ0n) is 10.5. The first-order valence-corrected chi connectivity index (χ1v) is 7.31. The van der Waals surface area contributed by atoms with Gasteiger partial charge in [0.15, 0.2) is 0 Å². The van der Waals surface area contributed by atoms with E-state index in [4.69, 9.17) is 4.74 Å². The smallest absolute Gasteiger partial charge is 0.244 e. The van der Waals surface area contributed by atoms with Crippen LogP contribution in [0.5, 0.6) is 0 Å². The molecule has 0 radical (unpaired) electrons. The van der Waals surface area contributed by atoms with Gasteiger partial charge in [0.2, 0.25) is 5.91 Å². The van der Waals surface area contributed by atoms with Crippen molar-refractivity contribution in [2.24, 2.45) is 0 Å². The first-order chi connectivity index (χ1) is 8.77. The van der Waals surface area contributed by atoms with Crippen molar-refractivity contribution >= 4 is 17.2 Å². The average Bonchev–Trinajstić information content (AvgIpc) is 2.85. The van der Waals surface area contributed by atoms with Gasteiger partial charge in [0.05, 0.1) is 0 Å². The summed E-state index contributed by atoms with van der Waals surface area (Å²) in [6.45, 7) is 1.47. The number of rotatable bonds is 5. The Morgan fingerprint density at radius 1 is 1.61 bits per heavy atom. The second-order valence-corrected chi connectivity index (χ2v) is 5.81. The molecule has 1 aliphatic carbocycles. The fourth-order valence-corrected chi connectivity index (χ4v) is 3.26. The number of nitrogens with zero attached hydrogens (tertiary/aromatic N) is 1. The molecule has 2 aliphatic rings. The van der Waals surface area contributed by atoms with Crippen LogP contribution in [0.4, 0.5) is 0 Å². The summed E-state index contributed by atoms with van der Waals surface area (Å²) in [7, 11) is 1.70. The van der Waals surface area contributed by atoms with Crippen LogP contribution in [0.1, 0.15) is 31.0 Å². The van der Waals surface area contributed by atoms with E-state index in [-0.39, 0.29) is 17.6 Å². The molecule has 2 fully saturated rings. The van der Waals surface area contributed by atoms with Crippen LogP contribution in [0.25, 0.3) is 0 Å². The van der Waals surface area contributed by atoms with Crippen molar-refractivity contribution in [3.63, 3.8) is 0 Å². The van der Waals surface area contributed by atoms with Gasteiger partial charge in [0.1, 0.15) is 11.7 Å². The molecule has 1 aromatic rings. The molecular formula is C13H18N2O2S. The lowest BCUT2D eigenvalue weighted by atomic mass is 10.2. The molecule has 4 nitrogen and oxygen atoms in total. The molecule has 1 unspecified atom stereocenters. The van der Waals surface area contributed by atoms with E-state index in [1.54, 1.807) is 18.4 Å². The van der Waals surface area contributed by atoms with Gasteiger partial charge in [-0.15, -0.1) is 0 Å². The summed E-state index contributed by atoms with van der Waals surface area (Å²) in [5.41, 5.74) is 0.967. The van der Waals surface area contributed by atoms with E-state index in [1.807, 2.05) is 4.90 Å². The van der Waals surface area contributed by atoms with Gasteiger partial charge >= 0.3 is 0 Å². The van der Waals surface area contributed by atoms with E-state index in [0.29, 0.717) is 6.61 Å². The molecule has 5 heteroatoms. The number of carbonyl (C=O) groups is 1. The zero-order valence-corrected chi connectivity index (χ0v) is 11.3. The predicted octanol–water partition coefficient (Wildman–Crippen LogP) is 1.75. The molecule has 98 valence electrons. The van der Waals surface area contributed by atoms with E-state index in [2.05, 4.69) is 22.1 Å². The lowest BCUT2D eigenvalue weighted by Crippen LogP contribution is -2.33. The number of carbonyl (C=O) groups excluding carboxylic acids is 1. The molecule has 0 bridgehead atoms. The van der Waals surface area contributed by atoms with Crippen molar-refractivity contribution < 1.29 is 9.53 Å². The Morgan fingerprint density at radius 3 is 3.06 bits per heavy atom. The third-order valence-electron chi connectivity index (χ3n) is 3.75. The fraction of sp³-hybridized carbons (Fsp3) is 0.615. The summed E-state index contributed by atoms with van der Waals surface area (Å²) < 4.78 is 5.07. The Morgan fingerprint density at radius 2 is 2.44 bits per heavy atom. The topological polar surface area (TPSA) is 41.6 Å². The maximum absolute atomic E-state index is 12.4. The Hall–Kier alpha value is -0.910. The van der Waals surface area contributed by atoms with Crippen molar-refractivity contribution in [3.8, 4) is 0 Å². The average molecular weight is 266 g/mol. The molecule has 1 aliphatic heterocycles. The van der Waals surface area contributed by atoms with Crippen molar-refractivity contribution in [3.05, 3.63) is 22.4 Å². The molecule has 1 atom stereocenters. The molecule has 1 amide bonds. The maximum atomic E-state index is 12.4. The minimum absolute atomic E-state index is 0.0584. The van der Waals surface area contributed by atoms with Crippen molar-refractivity contribution in [2.45, 2.75) is 31.0 Å². The number of methoxy groups -OCH3 is 1. The lowest BCUT2D eigenvalue weighted by molar-refractivity contribution is -0.131. The number of hydrogen-bond acceptors (Lipinski definition) is 4.